The van der Waals surface area contributed by atoms with Gasteiger partial charge in [-0.3, -0.25) is 0 Å². The van der Waals surface area contributed by atoms with Crippen LogP contribution in [0.25, 0.3) is 11.3 Å². The standard InChI is InChI=1S/C12H10FNO3/c1-6-5-8(13)3-4-9(6)11-10(12(15)16)7(2)17-14-11/h3-5H,1-2H3,(H,15,16). The van der Waals surface area contributed by atoms with E-state index in [1.807, 2.05) is 0 Å². The number of aryl methyl sites for hydroxylation is 2. The van der Waals surface area contributed by atoms with E-state index in [4.69, 9.17) is 9.63 Å². The number of carboxylic acids is 1. The summed E-state index contributed by atoms with van der Waals surface area (Å²) in [5.41, 5.74) is 1.41. The van der Waals surface area contributed by atoms with E-state index in [0.717, 1.165) is 0 Å². The molecule has 0 aliphatic carbocycles. The van der Waals surface area contributed by atoms with Gasteiger partial charge in [0.25, 0.3) is 0 Å². The van der Waals surface area contributed by atoms with E-state index < -0.39 is 5.97 Å². The molecule has 0 bridgehead atoms. The average Bonchev–Trinajstić information content (AvgIpc) is 2.60. The Hall–Kier alpha value is -2.17. The van der Waals surface area contributed by atoms with E-state index in [0.29, 0.717) is 11.1 Å². The van der Waals surface area contributed by atoms with Crippen LogP contribution in [-0.2, 0) is 0 Å². The van der Waals surface area contributed by atoms with Crippen LogP contribution in [0, 0.1) is 19.7 Å². The third-order valence-electron chi connectivity index (χ3n) is 2.52. The highest BCUT2D eigenvalue weighted by molar-refractivity contribution is 5.96. The highest BCUT2D eigenvalue weighted by Gasteiger charge is 2.21. The van der Waals surface area contributed by atoms with E-state index in [1.54, 1.807) is 6.92 Å². The van der Waals surface area contributed by atoms with Gasteiger partial charge in [-0.1, -0.05) is 5.16 Å². The molecule has 5 heteroatoms. The summed E-state index contributed by atoms with van der Waals surface area (Å²) in [6, 6.07) is 4.08. The van der Waals surface area contributed by atoms with Crippen LogP contribution in [0.1, 0.15) is 21.7 Å². The quantitative estimate of drug-likeness (QED) is 0.869. The molecule has 2 aromatic rings. The Bertz CT molecular complexity index is 589. The van der Waals surface area contributed by atoms with Gasteiger partial charge >= 0.3 is 5.97 Å². The number of benzene rings is 1. The minimum Gasteiger partial charge on any atom is -0.477 e. The van der Waals surface area contributed by atoms with Gasteiger partial charge in [0.05, 0.1) is 0 Å². The molecule has 2 rings (SSSR count). The molecule has 0 aliphatic rings. The van der Waals surface area contributed by atoms with Crippen LogP contribution >= 0.6 is 0 Å². The number of rotatable bonds is 2. The highest BCUT2D eigenvalue weighted by Crippen LogP contribution is 2.28. The van der Waals surface area contributed by atoms with E-state index in [9.17, 15) is 9.18 Å². The van der Waals surface area contributed by atoms with Crippen molar-refractivity contribution in [3.63, 3.8) is 0 Å². The third kappa shape index (κ3) is 1.91. The Kier molecular flexibility index (Phi) is 2.67. The number of hydrogen-bond acceptors (Lipinski definition) is 3. The lowest BCUT2D eigenvalue weighted by molar-refractivity contribution is 0.0696. The maximum absolute atomic E-state index is 13.0. The summed E-state index contributed by atoms with van der Waals surface area (Å²) in [7, 11) is 0. The Morgan fingerprint density at radius 2 is 2.12 bits per heavy atom. The first kappa shape index (κ1) is 11.3. The van der Waals surface area contributed by atoms with E-state index in [1.165, 1.54) is 25.1 Å². The third-order valence-corrected chi connectivity index (χ3v) is 2.52. The second-order valence-corrected chi connectivity index (χ2v) is 3.73. The van der Waals surface area contributed by atoms with Gasteiger partial charge in [-0.15, -0.1) is 0 Å². The van der Waals surface area contributed by atoms with Gasteiger partial charge in [0.2, 0.25) is 0 Å². The van der Waals surface area contributed by atoms with Crippen LogP contribution in [0.4, 0.5) is 4.39 Å². The van der Waals surface area contributed by atoms with Crippen LogP contribution in [0.2, 0.25) is 0 Å². The molecule has 4 nitrogen and oxygen atoms in total. The molecule has 1 N–H and O–H groups in total. The molecule has 17 heavy (non-hydrogen) atoms. The summed E-state index contributed by atoms with van der Waals surface area (Å²) in [6.07, 6.45) is 0. The fourth-order valence-corrected chi connectivity index (χ4v) is 1.70. The van der Waals surface area contributed by atoms with Gasteiger partial charge < -0.3 is 9.63 Å². The lowest BCUT2D eigenvalue weighted by Crippen LogP contribution is -2.00. The number of aromatic nitrogens is 1. The lowest BCUT2D eigenvalue weighted by Gasteiger charge is -2.03. The summed E-state index contributed by atoms with van der Waals surface area (Å²) in [4.78, 5) is 11.1. The van der Waals surface area contributed by atoms with Crippen molar-refractivity contribution in [2.75, 3.05) is 0 Å². The van der Waals surface area contributed by atoms with Crippen LogP contribution in [0.3, 0.4) is 0 Å². The Morgan fingerprint density at radius 1 is 1.41 bits per heavy atom. The minimum absolute atomic E-state index is 0.0136. The number of nitrogens with zero attached hydrogens (tertiary/aromatic N) is 1. The zero-order valence-electron chi connectivity index (χ0n) is 9.32. The average molecular weight is 235 g/mol. The number of hydrogen-bond donors (Lipinski definition) is 1. The first-order chi connectivity index (χ1) is 8.00. The van der Waals surface area contributed by atoms with Gasteiger partial charge in [-0.2, -0.15) is 0 Å². The molecule has 88 valence electrons. The van der Waals surface area contributed by atoms with Crippen molar-refractivity contribution in [2.24, 2.45) is 0 Å². The second-order valence-electron chi connectivity index (χ2n) is 3.73. The molecule has 0 saturated heterocycles. The molecule has 0 amide bonds. The molecular weight excluding hydrogens is 225 g/mol. The first-order valence-electron chi connectivity index (χ1n) is 4.97. The first-order valence-corrected chi connectivity index (χ1v) is 4.97. The van der Waals surface area contributed by atoms with Crippen molar-refractivity contribution in [1.82, 2.24) is 5.16 Å². The fourth-order valence-electron chi connectivity index (χ4n) is 1.70. The SMILES string of the molecule is Cc1cc(F)ccc1-c1noc(C)c1C(=O)O. The van der Waals surface area contributed by atoms with Gasteiger partial charge in [-0.25, -0.2) is 9.18 Å². The van der Waals surface area contributed by atoms with Gasteiger partial charge in [0, 0.05) is 5.56 Å². The highest BCUT2D eigenvalue weighted by atomic mass is 19.1. The monoisotopic (exact) mass is 235 g/mol. The molecule has 0 aliphatic heterocycles. The molecule has 0 fully saturated rings. The summed E-state index contributed by atoms with van der Waals surface area (Å²) < 4.78 is 17.8. The molecule has 0 radical (unpaired) electrons. The van der Waals surface area contributed by atoms with E-state index in [2.05, 4.69) is 5.16 Å². The molecule has 0 atom stereocenters. The Labute approximate surface area is 96.7 Å². The number of carboxylic acid groups (broad SMARTS) is 1. The smallest absolute Gasteiger partial charge is 0.341 e. The van der Waals surface area contributed by atoms with Crippen LogP contribution in [-0.4, -0.2) is 16.2 Å². The van der Waals surface area contributed by atoms with Crippen LogP contribution < -0.4 is 0 Å². The van der Waals surface area contributed by atoms with Gasteiger partial charge in [0.15, 0.2) is 0 Å². The Balaban J connectivity index is 2.65. The summed E-state index contributed by atoms with van der Waals surface area (Å²) in [5.74, 6) is -1.25. The Morgan fingerprint density at radius 3 is 2.71 bits per heavy atom. The summed E-state index contributed by atoms with van der Waals surface area (Å²) >= 11 is 0. The van der Waals surface area contributed by atoms with Crippen molar-refractivity contribution < 1.29 is 18.8 Å². The predicted molar refractivity (Wildman–Crippen MR) is 58.3 cm³/mol. The molecule has 0 spiro atoms. The number of carbonyl (C=O) groups is 1. The zero-order chi connectivity index (χ0) is 12.6. The van der Waals surface area contributed by atoms with Crippen LogP contribution in [0.5, 0.6) is 0 Å². The predicted octanol–water partition coefficient (Wildman–Crippen LogP) is 2.80. The second kappa shape index (κ2) is 4.01. The molecular formula is C12H10FNO3. The van der Waals surface area contributed by atoms with Crippen molar-refractivity contribution in [3.05, 3.63) is 40.9 Å². The van der Waals surface area contributed by atoms with Gasteiger partial charge in [0.1, 0.15) is 22.8 Å². The zero-order valence-corrected chi connectivity index (χ0v) is 9.32. The molecule has 0 unspecified atom stereocenters. The normalized spacial score (nSPS) is 10.5. The van der Waals surface area contributed by atoms with Crippen LogP contribution in [0.15, 0.2) is 22.7 Å². The topological polar surface area (TPSA) is 63.3 Å². The summed E-state index contributed by atoms with van der Waals surface area (Å²) in [6.45, 7) is 3.22. The van der Waals surface area contributed by atoms with Crippen molar-refractivity contribution in [1.29, 1.82) is 0 Å². The van der Waals surface area contributed by atoms with Crippen molar-refractivity contribution in [3.8, 4) is 11.3 Å². The number of aromatic carboxylic acids is 1. The van der Waals surface area contributed by atoms with E-state index >= 15 is 0 Å². The molecule has 1 aromatic carbocycles. The maximum atomic E-state index is 13.0. The van der Waals surface area contributed by atoms with Gasteiger partial charge in [-0.05, 0) is 37.6 Å². The molecule has 0 saturated carbocycles. The molecule has 1 heterocycles. The minimum atomic E-state index is -1.11. The summed E-state index contributed by atoms with van der Waals surface area (Å²) in [5, 5.41) is 12.8. The van der Waals surface area contributed by atoms with E-state index in [-0.39, 0.29) is 22.8 Å². The van der Waals surface area contributed by atoms with Crippen molar-refractivity contribution in [2.45, 2.75) is 13.8 Å². The van der Waals surface area contributed by atoms with Crippen molar-refractivity contribution >= 4 is 5.97 Å². The fraction of sp³-hybridized carbons (Fsp3) is 0.167. The number of halogens is 1. The molecule has 1 aromatic heterocycles. The largest absolute Gasteiger partial charge is 0.477 e. The lowest BCUT2D eigenvalue weighted by atomic mass is 10.0. The maximum Gasteiger partial charge on any atom is 0.341 e.